The van der Waals surface area contributed by atoms with Gasteiger partial charge < -0.3 is 4.42 Å². The second kappa shape index (κ2) is 10.7. The number of hydrogen-bond donors (Lipinski definition) is 0. The monoisotopic (exact) mass is 631 g/mol. The normalized spacial score (nSPS) is 11.8. The highest BCUT2D eigenvalue weighted by Gasteiger charge is 2.20. The minimum atomic E-state index is 0.605. The van der Waals surface area contributed by atoms with Gasteiger partial charge in [0, 0.05) is 47.6 Å². The molecular weight excluding hydrogens is 607 g/mol. The van der Waals surface area contributed by atoms with E-state index in [4.69, 9.17) is 19.4 Å². The topological polar surface area (TPSA) is 51.8 Å². The maximum Gasteiger partial charge on any atom is 0.164 e. The molecule has 0 unspecified atom stereocenters. The maximum absolute atomic E-state index is 6.46. The number of furan rings is 1. The molecule has 0 spiro atoms. The van der Waals surface area contributed by atoms with Crippen LogP contribution in [0.1, 0.15) is 0 Å². The Bertz CT molecular complexity index is 2850. The van der Waals surface area contributed by atoms with Crippen molar-refractivity contribution >= 4 is 64.2 Å². The van der Waals surface area contributed by atoms with E-state index in [9.17, 15) is 0 Å². The van der Waals surface area contributed by atoms with Crippen molar-refractivity contribution in [1.29, 1.82) is 0 Å². The van der Waals surface area contributed by atoms with Gasteiger partial charge >= 0.3 is 0 Å². The number of thiophene rings is 1. The lowest BCUT2D eigenvalue weighted by atomic mass is 9.98. The molecule has 5 heteroatoms. The second-order valence-corrected chi connectivity index (χ2v) is 13.1. The molecule has 3 aromatic heterocycles. The molecule has 48 heavy (non-hydrogen) atoms. The Morgan fingerprint density at radius 2 is 1.06 bits per heavy atom. The lowest BCUT2D eigenvalue weighted by Crippen LogP contribution is -2.00. The third-order valence-electron chi connectivity index (χ3n) is 9.11. The van der Waals surface area contributed by atoms with Crippen LogP contribution in [0, 0.1) is 0 Å². The smallest absolute Gasteiger partial charge is 0.164 e. The van der Waals surface area contributed by atoms with Crippen LogP contribution >= 0.6 is 11.3 Å². The molecule has 0 atom stereocenters. The van der Waals surface area contributed by atoms with E-state index in [0.717, 1.165) is 55.1 Å². The minimum Gasteiger partial charge on any atom is -0.456 e. The fourth-order valence-corrected chi connectivity index (χ4v) is 7.92. The SMILES string of the molecule is c1ccc(-c2cc(-c3nc(-c4ccc5ccccc5c4)nc(-c4ccc5c(c4)sc4ccccc45)n3)c3c(c2)oc2ccccc23)cc1. The Labute approximate surface area is 279 Å². The zero-order valence-corrected chi connectivity index (χ0v) is 26.4. The van der Waals surface area contributed by atoms with Crippen molar-refractivity contribution in [2.24, 2.45) is 0 Å². The number of aromatic nitrogens is 3. The maximum atomic E-state index is 6.46. The van der Waals surface area contributed by atoms with Gasteiger partial charge in [0.1, 0.15) is 11.2 Å². The van der Waals surface area contributed by atoms with Crippen LogP contribution in [0.5, 0.6) is 0 Å². The van der Waals surface area contributed by atoms with Crippen LogP contribution in [0.3, 0.4) is 0 Å². The minimum absolute atomic E-state index is 0.605. The molecule has 0 radical (unpaired) electrons. The summed E-state index contributed by atoms with van der Waals surface area (Å²) in [4.78, 5) is 15.6. The van der Waals surface area contributed by atoms with Gasteiger partial charge in [-0.05, 0) is 58.3 Å². The van der Waals surface area contributed by atoms with E-state index in [2.05, 4.69) is 127 Å². The molecule has 0 bridgehead atoms. The molecule has 0 saturated heterocycles. The summed E-state index contributed by atoms with van der Waals surface area (Å²) in [7, 11) is 0. The summed E-state index contributed by atoms with van der Waals surface area (Å²) < 4.78 is 8.94. The average Bonchev–Trinajstić information content (AvgIpc) is 3.72. The number of nitrogens with zero attached hydrogens (tertiary/aromatic N) is 3. The summed E-state index contributed by atoms with van der Waals surface area (Å²) in [6.07, 6.45) is 0. The van der Waals surface area contributed by atoms with Crippen molar-refractivity contribution < 1.29 is 4.42 Å². The Hall–Kier alpha value is -6.17. The zero-order chi connectivity index (χ0) is 31.6. The number of rotatable bonds is 4. The molecule has 10 aromatic rings. The van der Waals surface area contributed by atoms with Crippen molar-refractivity contribution in [3.8, 4) is 45.3 Å². The number of benzene rings is 7. The third-order valence-corrected chi connectivity index (χ3v) is 10.2. The summed E-state index contributed by atoms with van der Waals surface area (Å²) in [5, 5.41) is 6.84. The van der Waals surface area contributed by atoms with Crippen molar-refractivity contribution in [3.63, 3.8) is 0 Å². The van der Waals surface area contributed by atoms with Crippen molar-refractivity contribution in [3.05, 3.63) is 152 Å². The number of hydrogen-bond acceptors (Lipinski definition) is 5. The van der Waals surface area contributed by atoms with Gasteiger partial charge in [-0.15, -0.1) is 11.3 Å². The van der Waals surface area contributed by atoms with Crippen molar-refractivity contribution in [1.82, 2.24) is 15.0 Å². The fraction of sp³-hybridized carbons (Fsp3) is 0. The highest BCUT2D eigenvalue weighted by atomic mass is 32.1. The summed E-state index contributed by atoms with van der Waals surface area (Å²) >= 11 is 1.79. The van der Waals surface area contributed by atoms with Crippen LogP contribution in [0.15, 0.2) is 156 Å². The van der Waals surface area contributed by atoms with Gasteiger partial charge in [0.25, 0.3) is 0 Å². The predicted octanol–water partition coefficient (Wildman–Crippen LogP) is 12.0. The first-order chi connectivity index (χ1) is 23.7. The second-order valence-electron chi connectivity index (χ2n) is 12.0. The molecule has 0 N–H and O–H groups in total. The predicted molar refractivity (Wildman–Crippen MR) is 199 cm³/mol. The van der Waals surface area contributed by atoms with Crippen LogP contribution in [-0.2, 0) is 0 Å². The van der Waals surface area contributed by atoms with Gasteiger partial charge in [0.2, 0.25) is 0 Å². The van der Waals surface area contributed by atoms with E-state index in [-0.39, 0.29) is 0 Å². The molecule has 10 rings (SSSR count). The molecule has 224 valence electrons. The molecule has 3 heterocycles. The van der Waals surface area contributed by atoms with Crippen LogP contribution < -0.4 is 0 Å². The van der Waals surface area contributed by atoms with Gasteiger partial charge in [-0.2, -0.15) is 0 Å². The van der Waals surface area contributed by atoms with Crippen molar-refractivity contribution in [2.75, 3.05) is 0 Å². The number of fused-ring (bicyclic) bond motifs is 7. The quantitative estimate of drug-likeness (QED) is 0.194. The average molecular weight is 632 g/mol. The Morgan fingerprint density at radius 3 is 1.94 bits per heavy atom. The lowest BCUT2D eigenvalue weighted by Gasteiger charge is -2.11. The number of para-hydroxylation sites is 1. The van der Waals surface area contributed by atoms with Gasteiger partial charge in [0.05, 0.1) is 0 Å². The summed E-state index contributed by atoms with van der Waals surface area (Å²) in [6.45, 7) is 0. The molecule has 0 saturated carbocycles. The Balaban J connectivity index is 1.26. The van der Waals surface area contributed by atoms with Crippen LogP contribution in [0.25, 0.3) is 98.2 Å². The molecule has 4 nitrogen and oxygen atoms in total. The van der Waals surface area contributed by atoms with Crippen LogP contribution in [0.2, 0.25) is 0 Å². The first-order valence-corrected chi connectivity index (χ1v) is 16.7. The summed E-state index contributed by atoms with van der Waals surface area (Å²) in [5.41, 5.74) is 6.57. The zero-order valence-electron chi connectivity index (χ0n) is 25.6. The highest BCUT2D eigenvalue weighted by molar-refractivity contribution is 7.25. The standard InChI is InChI=1S/C43H25N3OS/c1-2-10-26(11-3-1)31-23-35(40-34-15-6-8-16-36(34)47-37(40)24-31)43-45-41(29-19-18-27-12-4-5-13-28(27)22-29)44-42(46-43)30-20-21-33-32-14-7-9-17-38(32)48-39(33)25-30/h1-25H. The Kier molecular flexibility index (Phi) is 6.01. The Morgan fingerprint density at radius 1 is 0.396 bits per heavy atom. The summed E-state index contributed by atoms with van der Waals surface area (Å²) in [6, 6.07) is 52.7. The summed E-state index contributed by atoms with van der Waals surface area (Å²) in [5.74, 6) is 1.87. The van der Waals surface area contributed by atoms with Gasteiger partial charge in [0.15, 0.2) is 17.5 Å². The molecule has 0 fully saturated rings. The van der Waals surface area contributed by atoms with Crippen LogP contribution in [0.4, 0.5) is 0 Å². The highest BCUT2D eigenvalue weighted by Crippen LogP contribution is 2.41. The molecule has 0 aliphatic carbocycles. The largest absolute Gasteiger partial charge is 0.456 e. The van der Waals surface area contributed by atoms with E-state index in [1.807, 2.05) is 24.3 Å². The van der Waals surface area contributed by atoms with E-state index in [1.54, 1.807) is 11.3 Å². The molecule has 0 aliphatic rings. The fourth-order valence-electron chi connectivity index (χ4n) is 6.78. The van der Waals surface area contributed by atoms with Gasteiger partial charge in [-0.25, -0.2) is 15.0 Å². The van der Waals surface area contributed by atoms with E-state index < -0.39 is 0 Å². The first kappa shape index (κ1) is 27.0. The van der Waals surface area contributed by atoms with E-state index in [1.165, 1.54) is 25.6 Å². The van der Waals surface area contributed by atoms with Crippen LogP contribution in [-0.4, -0.2) is 15.0 Å². The van der Waals surface area contributed by atoms with E-state index in [0.29, 0.717) is 17.5 Å². The van der Waals surface area contributed by atoms with Gasteiger partial charge in [-0.3, -0.25) is 0 Å². The van der Waals surface area contributed by atoms with Crippen molar-refractivity contribution in [2.45, 2.75) is 0 Å². The third kappa shape index (κ3) is 4.40. The van der Waals surface area contributed by atoms with Gasteiger partial charge in [-0.1, -0.05) is 115 Å². The molecular formula is C43H25N3OS. The lowest BCUT2D eigenvalue weighted by molar-refractivity contribution is 0.669. The first-order valence-electron chi connectivity index (χ1n) is 15.9. The molecule has 0 aliphatic heterocycles. The molecule has 0 amide bonds. The van der Waals surface area contributed by atoms with E-state index >= 15 is 0 Å². The molecule has 7 aromatic carbocycles.